The van der Waals surface area contributed by atoms with Crippen molar-refractivity contribution in [3.63, 3.8) is 0 Å². The lowest BCUT2D eigenvalue weighted by Gasteiger charge is -2.43. The molecule has 3 aliphatic rings. The van der Waals surface area contributed by atoms with Gasteiger partial charge in [-0.25, -0.2) is 0 Å². The van der Waals surface area contributed by atoms with Gasteiger partial charge in [-0.3, -0.25) is 24.0 Å². The number of rotatable bonds is 2. The molecule has 2 saturated heterocycles. The Morgan fingerprint density at radius 1 is 0.852 bits per heavy atom. The van der Waals surface area contributed by atoms with Gasteiger partial charge in [0.25, 0.3) is 11.7 Å². The fraction of sp³-hybridized carbons (Fsp3) is 0.705. The highest BCUT2D eigenvalue weighted by Crippen LogP contribution is 2.37. The molecule has 0 spiro atoms. The lowest BCUT2D eigenvalue weighted by Crippen LogP contribution is -2.60. The third-order valence-electron chi connectivity index (χ3n) is 12.0. The predicted molar refractivity (Wildman–Crippen MR) is 209 cm³/mol. The zero-order valence-corrected chi connectivity index (χ0v) is 34.2. The molecular weight excluding hydrogens is 686 g/mol. The van der Waals surface area contributed by atoms with Crippen molar-refractivity contribution in [1.29, 1.82) is 0 Å². The van der Waals surface area contributed by atoms with Crippen molar-refractivity contribution < 1.29 is 43.7 Å². The largest absolute Gasteiger partial charge is 0.388 e. The molecule has 54 heavy (non-hydrogen) atoms. The van der Waals surface area contributed by atoms with Crippen molar-refractivity contribution in [3.05, 3.63) is 47.6 Å². The van der Waals surface area contributed by atoms with Crippen LogP contribution < -0.4 is 0 Å². The topological polar surface area (TPSA) is 148 Å². The lowest BCUT2D eigenvalue weighted by molar-refractivity contribution is -0.265. The van der Waals surface area contributed by atoms with Gasteiger partial charge in [0.15, 0.2) is 5.78 Å². The molecule has 3 rings (SSSR count). The molecule has 10 heteroatoms. The Morgan fingerprint density at radius 3 is 2.20 bits per heavy atom. The average Bonchev–Trinajstić information content (AvgIpc) is 3.13. The van der Waals surface area contributed by atoms with Crippen LogP contribution in [-0.4, -0.2) is 87.9 Å². The van der Waals surface area contributed by atoms with E-state index in [1.165, 1.54) is 4.90 Å². The van der Waals surface area contributed by atoms with E-state index in [4.69, 9.17) is 9.47 Å². The molecule has 1 amide bonds. The number of fused-ring (bicyclic) bond motifs is 3. The Bertz CT molecular complexity index is 1460. The van der Waals surface area contributed by atoms with E-state index in [2.05, 4.69) is 0 Å². The van der Waals surface area contributed by atoms with E-state index in [1.807, 2.05) is 65.0 Å². The number of hydrogen-bond donors (Lipinski definition) is 2. The molecule has 0 saturated carbocycles. The maximum Gasteiger partial charge on any atom is 0.296 e. The summed E-state index contributed by atoms with van der Waals surface area (Å²) >= 11 is 0. The van der Waals surface area contributed by atoms with Gasteiger partial charge in [-0.15, -0.1) is 0 Å². The van der Waals surface area contributed by atoms with Crippen molar-refractivity contribution in [2.75, 3.05) is 13.7 Å². The van der Waals surface area contributed by atoms with Crippen molar-refractivity contribution in [2.45, 2.75) is 150 Å². The number of ether oxygens (including phenoxy) is 2. The molecule has 2 N–H and O–H groups in total. The van der Waals surface area contributed by atoms with E-state index in [0.717, 1.165) is 5.57 Å². The van der Waals surface area contributed by atoms with Crippen LogP contribution in [0.15, 0.2) is 47.6 Å². The molecule has 0 aromatic heterocycles. The van der Waals surface area contributed by atoms with Crippen LogP contribution in [0.4, 0.5) is 0 Å². The molecule has 0 radical (unpaired) electrons. The Balaban J connectivity index is 1.94. The molecule has 10 nitrogen and oxygen atoms in total. The number of piperidine rings is 1. The number of nitrogens with zero attached hydrogens (tertiary/aromatic N) is 1. The third kappa shape index (κ3) is 12.2. The number of aliphatic hydroxyl groups is 2. The number of amides is 1. The van der Waals surface area contributed by atoms with Crippen molar-refractivity contribution >= 4 is 29.0 Å². The maximum absolute atomic E-state index is 13.9. The van der Waals surface area contributed by atoms with Gasteiger partial charge in [0.1, 0.15) is 11.6 Å². The van der Waals surface area contributed by atoms with Gasteiger partial charge in [-0.1, -0.05) is 78.0 Å². The van der Waals surface area contributed by atoms with Crippen molar-refractivity contribution in [3.8, 4) is 0 Å². The van der Waals surface area contributed by atoms with Gasteiger partial charge in [-0.05, 0) is 81.3 Å². The van der Waals surface area contributed by atoms with Crippen LogP contribution in [0.2, 0.25) is 0 Å². The minimum absolute atomic E-state index is 0.0181. The monoisotopic (exact) mass is 753 g/mol. The summed E-state index contributed by atoms with van der Waals surface area (Å²) in [6, 6.07) is -0.841. The van der Waals surface area contributed by atoms with Gasteiger partial charge in [-0.2, -0.15) is 0 Å². The fourth-order valence-corrected chi connectivity index (χ4v) is 7.94. The number of methoxy groups -OCH3 is 1. The van der Waals surface area contributed by atoms with E-state index in [-0.39, 0.29) is 72.9 Å². The van der Waals surface area contributed by atoms with Gasteiger partial charge in [0, 0.05) is 57.1 Å². The van der Waals surface area contributed by atoms with Crippen LogP contribution in [0.5, 0.6) is 0 Å². The highest BCUT2D eigenvalue weighted by Gasteiger charge is 2.52. The second-order valence-corrected chi connectivity index (χ2v) is 16.7. The quantitative estimate of drug-likeness (QED) is 0.233. The summed E-state index contributed by atoms with van der Waals surface area (Å²) < 4.78 is 11.9. The minimum Gasteiger partial charge on any atom is -0.388 e. The summed E-state index contributed by atoms with van der Waals surface area (Å²) in [5.41, 5.74) is 1.47. The maximum atomic E-state index is 13.9. The van der Waals surface area contributed by atoms with Gasteiger partial charge in [0.2, 0.25) is 5.79 Å². The molecule has 3 heterocycles. The summed E-state index contributed by atoms with van der Waals surface area (Å²) in [5.74, 6) is -6.28. The summed E-state index contributed by atoms with van der Waals surface area (Å²) in [6.07, 6.45) is 13.4. The smallest absolute Gasteiger partial charge is 0.296 e. The number of carbonyl (C=O) groups excluding carboxylic acids is 5. The first-order valence-corrected chi connectivity index (χ1v) is 20.1. The van der Waals surface area contributed by atoms with Crippen molar-refractivity contribution in [1.82, 2.24) is 4.90 Å². The molecule has 302 valence electrons. The molecule has 0 aromatic carbocycles. The van der Waals surface area contributed by atoms with Crippen LogP contribution in [-0.2, 0) is 33.4 Å². The van der Waals surface area contributed by atoms with Gasteiger partial charge in [0.05, 0.1) is 24.4 Å². The Kier molecular flexibility index (Phi) is 17.4. The standard InChI is InChI=1S/C44H67NO9/c1-27(2)34-23-37(46)31(6)22-32(7)39(48)26-38(47)30(5)21-28(3)15-11-10-12-16-29(4)41(53-9)25-35-19-18-33(8)44(52,54-35)42(50)43(51)45-20-14-13-17-36(45)40(49)24-34/h10-12,15-16,22,27-28,30-31,33-36,39,41,48,52H,13-14,17-21,23-26H2,1-9H3/b12-10+,15-11+,29-16+,32-22+/t28-,30-,31-,33-,34-,35+,36+,39+,41+,44-/m1/s1. The zero-order chi connectivity index (χ0) is 40.3. The Morgan fingerprint density at radius 2 is 1.54 bits per heavy atom. The number of aliphatic hydroxyl groups excluding tert-OH is 1. The fourth-order valence-electron chi connectivity index (χ4n) is 7.94. The number of Topliss-reactive ketones (excluding diaryl/α,β-unsaturated/α-hetero) is 4. The highest BCUT2D eigenvalue weighted by atomic mass is 16.6. The first-order chi connectivity index (χ1) is 25.4. The van der Waals surface area contributed by atoms with E-state index < -0.39 is 47.6 Å². The lowest BCUT2D eigenvalue weighted by atomic mass is 9.81. The van der Waals surface area contributed by atoms with E-state index in [1.54, 1.807) is 34.0 Å². The summed E-state index contributed by atoms with van der Waals surface area (Å²) in [4.78, 5) is 69.7. The number of allylic oxidation sites excluding steroid dienone is 6. The van der Waals surface area contributed by atoms with Crippen LogP contribution in [0.1, 0.15) is 120 Å². The highest BCUT2D eigenvalue weighted by molar-refractivity contribution is 6.39. The molecular formula is C44H67NO9. The Hall–Kier alpha value is -3.05. The number of carbonyl (C=O) groups is 5. The Labute approximate surface area is 323 Å². The summed E-state index contributed by atoms with van der Waals surface area (Å²) in [7, 11) is 1.59. The molecule has 3 aliphatic heterocycles. The van der Waals surface area contributed by atoms with Crippen LogP contribution >= 0.6 is 0 Å². The second kappa shape index (κ2) is 20.7. The molecule has 2 fully saturated rings. The SMILES string of the molecule is CO[C@H]1C[C@@H]2CC[C@@H](C)[C@@](O)(O2)C(=O)C(=O)N2CCCC[C@H]2C(=O)C[C@H](C(C)C)CC(=O)[C@H](C)/C=C(\C)[C@@H](O)CC(=O)[C@H](C)C[C@H](C)/C=C/C=C/C=C/1C. The predicted octanol–water partition coefficient (Wildman–Crippen LogP) is 6.67. The molecule has 0 unspecified atom stereocenters. The van der Waals surface area contributed by atoms with Gasteiger partial charge < -0.3 is 24.6 Å². The van der Waals surface area contributed by atoms with E-state index >= 15 is 0 Å². The van der Waals surface area contributed by atoms with E-state index in [0.29, 0.717) is 50.5 Å². The minimum atomic E-state index is -2.34. The molecule has 0 aromatic rings. The third-order valence-corrected chi connectivity index (χ3v) is 12.0. The number of hydrogen-bond acceptors (Lipinski definition) is 9. The van der Waals surface area contributed by atoms with Crippen LogP contribution in [0.25, 0.3) is 0 Å². The average molecular weight is 754 g/mol. The number of ketones is 4. The molecule has 2 bridgehead atoms. The first-order valence-electron chi connectivity index (χ1n) is 20.1. The van der Waals surface area contributed by atoms with Crippen LogP contribution in [0.3, 0.4) is 0 Å². The van der Waals surface area contributed by atoms with E-state index in [9.17, 15) is 34.2 Å². The first kappa shape index (κ1) is 45.3. The summed E-state index contributed by atoms with van der Waals surface area (Å²) in [5, 5.41) is 22.7. The zero-order valence-electron chi connectivity index (χ0n) is 34.2. The molecule has 10 atom stereocenters. The van der Waals surface area contributed by atoms with Crippen molar-refractivity contribution in [2.24, 2.45) is 35.5 Å². The second-order valence-electron chi connectivity index (χ2n) is 16.7. The molecule has 0 aliphatic carbocycles. The normalized spacial score (nSPS) is 38.6. The van der Waals surface area contributed by atoms with Crippen LogP contribution in [0, 0.1) is 35.5 Å². The summed E-state index contributed by atoms with van der Waals surface area (Å²) in [6.45, 7) is 15.2. The van der Waals surface area contributed by atoms with Gasteiger partial charge >= 0.3 is 0 Å².